The Kier molecular flexibility index (Phi) is 6.41. The lowest BCUT2D eigenvalue weighted by Gasteiger charge is -2.23. The van der Waals surface area contributed by atoms with Gasteiger partial charge in [-0.3, -0.25) is 10.8 Å². The van der Waals surface area contributed by atoms with Crippen LogP contribution in [0, 0.1) is 22.6 Å². The molecular weight excluding hydrogens is 365 g/mol. The van der Waals surface area contributed by atoms with Crippen LogP contribution >= 0.6 is 0 Å². The molecule has 0 spiro atoms. The van der Waals surface area contributed by atoms with Crippen LogP contribution < -0.4 is 21.4 Å². The molecule has 0 aromatic heterocycles. The minimum atomic E-state index is -0.580. The number of alkyl carbamates (subject to hydrolysis) is 1. The lowest BCUT2D eigenvalue weighted by molar-refractivity contribution is 0.0509. The summed E-state index contributed by atoms with van der Waals surface area (Å²) in [6.45, 7) is 6.51. The summed E-state index contributed by atoms with van der Waals surface area (Å²) in [5, 5.41) is 22.8. The molecule has 1 atom stereocenters. The lowest BCUT2D eigenvalue weighted by Crippen LogP contribution is -2.40. The smallest absolute Gasteiger partial charge is 0.407 e. The van der Waals surface area contributed by atoms with E-state index < -0.39 is 23.3 Å². The second kappa shape index (κ2) is 8.56. The molecule has 10 heteroatoms. The van der Waals surface area contributed by atoms with Crippen molar-refractivity contribution in [1.82, 2.24) is 5.32 Å². The van der Waals surface area contributed by atoms with E-state index in [2.05, 4.69) is 15.8 Å². The summed E-state index contributed by atoms with van der Waals surface area (Å²) in [4.78, 5) is 13.9. The first-order valence-electron chi connectivity index (χ1n) is 8.71. The van der Waals surface area contributed by atoms with Crippen molar-refractivity contribution in [3.8, 4) is 6.07 Å². The number of benzene rings is 1. The van der Waals surface area contributed by atoms with Crippen molar-refractivity contribution in [2.75, 3.05) is 23.4 Å². The minimum Gasteiger partial charge on any atom is -0.444 e. The van der Waals surface area contributed by atoms with E-state index in [0.29, 0.717) is 30.9 Å². The third-order valence-corrected chi connectivity index (χ3v) is 3.86. The molecule has 1 saturated heterocycles. The van der Waals surface area contributed by atoms with Gasteiger partial charge in [-0.15, -0.1) is 0 Å². The average Bonchev–Trinajstić information content (AvgIpc) is 3.01. The van der Waals surface area contributed by atoms with Crippen LogP contribution in [0.3, 0.4) is 0 Å². The minimum absolute atomic E-state index is 0.122. The molecule has 0 aliphatic carbocycles. The van der Waals surface area contributed by atoms with E-state index in [1.807, 2.05) is 4.90 Å². The molecule has 0 radical (unpaired) electrons. The van der Waals surface area contributed by atoms with Crippen LogP contribution in [-0.4, -0.2) is 42.4 Å². The van der Waals surface area contributed by atoms with Gasteiger partial charge in [-0.1, -0.05) is 0 Å². The molecule has 1 aromatic rings. The molecule has 1 aliphatic rings. The predicted octanol–water partition coefficient (Wildman–Crippen LogP) is 2.16. The van der Waals surface area contributed by atoms with Gasteiger partial charge >= 0.3 is 6.09 Å². The Bertz CT molecular complexity index is 826. The zero-order chi connectivity index (χ0) is 20.9. The van der Waals surface area contributed by atoms with Gasteiger partial charge in [0, 0.05) is 19.2 Å². The number of hydrazone groups is 1. The fourth-order valence-electron chi connectivity index (χ4n) is 2.71. The van der Waals surface area contributed by atoms with Crippen LogP contribution in [0.25, 0.3) is 0 Å². The van der Waals surface area contributed by atoms with E-state index in [4.69, 9.17) is 21.1 Å². The molecule has 150 valence electrons. The quantitative estimate of drug-likeness (QED) is 0.346. The number of nitrogens with two attached hydrogens (primary N) is 1. The summed E-state index contributed by atoms with van der Waals surface area (Å²) in [7, 11) is 0. The topological polar surface area (TPSA) is 140 Å². The van der Waals surface area contributed by atoms with Crippen LogP contribution in [0.15, 0.2) is 23.3 Å². The zero-order valence-corrected chi connectivity index (χ0v) is 16.0. The van der Waals surface area contributed by atoms with Crippen molar-refractivity contribution in [3.63, 3.8) is 0 Å². The van der Waals surface area contributed by atoms with Gasteiger partial charge in [-0.05, 0) is 39.3 Å². The zero-order valence-electron chi connectivity index (χ0n) is 16.0. The Morgan fingerprint density at radius 1 is 1.50 bits per heavy atom. The number of hydrogen-bond acceptors (Lipinski definition) is 7. The molecular formula is C18H24FN7O2. The number of hydrogen-bond donors (Lipinski definition) is 4. The summed E-state index contributed by atoms with van der Waals surface area (Å²) in [6, 6.07) is 5.71. The first-order valence-corrected chi connectivity index (χ1v) is 8.71. The van der Waals surface area contributed by atoms with Crippen molar-refractivity contribution in [2.24, 2.45) is 10.8 Å². The number of nitriles is 1. The number of rotatable bonds is 5. The molecule has 0 bridgehead atoms. The van der Waals surface area contributed by atoms with E-state index in [1.54, 1.807) is 32.9 Å². The second-order valence-electron chi connectivity index (χ2n) is 7.34. The molecule has 0 saturated carbocycles. The van der Waals surface area contributed by atoms with Crippen molar-refractivity contribution in [3.05, 3.63) is 24.0 Å². The van der Waals surface area contributed by atoms with Gasteiger partial charge in [-0.2, -0.15) is 10.4 Å². The van der Waals surface area contributed by atoms with Gasteiger partial charge in [0.25, 0.3) is 0 Å². The van der Waals surface area contributed by atoms with Crippen molar-refractivity contribution < 1.29 is 13.9 Å². The number of carbonyl (C=O) groups excluding carboxylic acids is 1. The third kappa shape index (κ3) is 5.84. The highest BCUT2D eigenvalue weighted by Crippen LogP contribution is 2.30. The van der Waals surface area contributed by atoms with E-state index in [0.717, 1.165) is 0 Å². The fraction of sp³-hybridized carbons (Fsp3) is 0.444. The van der Waals surface area contributed by atoms with Gasteiger partial charge < -0.3 is 20.7 Å². The average molecular weight is 389 g/mol. The fourth-order valence-corrected chi connectivity index (χ4v) is 2.71. The number of nitrogens with one attached hydrogen (secondary N) is 3. The highest BCUT2D eigenvalue weighted by Gasteiger charge is 2.27. The van der Waals surface area contributed by atoms with E-state index in [1.165, 1.54) is 12.1 Å². The molecule has 1 fully saturated rings. The highest BCUT2D eigenvalue weighted by atomic mass is 19.1. The molecule has 1 unspecified atom stereocenters. The van der Waals surface area contributed by atoms with Gasteiger partial charge in [0.15, 0.2) is 5.84 Å². The van der Waals surface area contributed by atoms with Crippen molar-refractivity contribution >= 4 is 29.0 Å². The number of ether oxygens (including phenoxy) is 1. The Morgan fingerprint density at radius 2 is 2.21 bits per heavy atom. The second-order valence-corrected chi connectivity index (χ2v) is 7.34. The normalized spacial score (nSPS) is 17.0. The van der Waals surface area contributed by atoms with Gasteiger partial charge in [0.1, 0.15) is 17.5 Å². The summed E-state index contributed by atoms with van der Waals surface area (Å²) < 4.78 is 19.0. The summed E-state index contributed by atoms with van der Waals surface area (Å²) in [5.74, 6) is -0.971. The van der Waals surface area contributed by atoms with Crippen LogP contribution in [0.2, 0.25) is 0 Å². The lowest BCUT2D eigenvalue weighted by atomic mass is 10.2. The monoisotopic (exact) mass is 389 g/mol. The Morgan fingerprint density at radius 3 is 2.82 bits per heavy atom. The Hall–Kier alpha value is -3.35. The number of carbonyl (C=O) groups is 1. The summed E-state index contributed by atoms with van der Waals surface area (Å²) in [5.41, 5.74) is 7.96. The maximum Gasteiger partial charge on any atom is 0.407 e. The van der Waals surface area contributed by atoms with Crippen LogP contribution in [0.5, 0.6) is 0 Å². The number of anilines is 2. The standard InChI is InChI=1S/C18H24FN7O2/c1-18(2,3)28-17(27)23-12-6-7-26(10-12)15-5-4-11(19)8-13(15)24-25-14(9-20)16(21)22/h4-5,8,12,24H,6-7,10H2,1-3H3,(H3,21,22)(H,23,27)/b25-14+. The Labute approximate surface area is 162 Å². The molecule has 1 aromatic carbocycles. The van der Waals surface area contributed by atoms with Crippen molar-refractivity contribution in [1.29, 1.82) is 10.7 Å². The van der Waals surface area contributed by atoms with Crippen LogP contribution in [0.4, 0.5) is 20.6 Å². The predicted molar refractivity (Wildman–Crippen MR) is 105 cm³/mol. The summed E-state index contributed by atoms with van der Waals surface area (Å²) in [6.07, 6.45) is 0.206. The third-order valence-electron chi connectivity index (χ3n) is 3.86. The highest BCUT2D eigenvalue weighted by molar-refractivity contribution is 6.45. The Balaban J connectivity index is 2.11. The largest absolute Gasteiger partial charge is 0.444 e. The number of halogens is 1. The molecule has 2 rings (SSSR count). The number of amidine groups is 1. The van der Waals surface area contributed by atoms with E-state index in [-0.39, 0.29) is 11.8 Å². The van der Waals surface area contributed by atoms with Gasteiger partial charge in [0.05, 0.1) is 17.4 Å². The number of amides is 1. The van der Waals surface area contributed by atoms with E-state index in [9.17, 15) is 9.18 Å². The van der Waals surface area contributed by atoms with Gasteiger partial charge in [-0.25, -0.2) is 9.18 Å². The van der Waals surface area contributed by atoms with E-state index >= 15 is 0 Å². The first-order chi connectivity index (χ1) is 13.1. The molecule has 5 N–H and O–H groups in total. The van der Waals surface area contributed by atoms with Crippen LogP contribution in [0.1, 0.15) is 27.2 Å². The molecule has 1 aliphatic heterocycles. The maximum absolute atomic E-state index is 13.7. The maximum atomic E-state index is 13.7. The SMILES string of the molecule is CC(C)(C)OC(=O)NC1CCN(c2ccc(F)cc2N/N=C(\C#N)C(=N)N)C1. The first kappa shape index (κ1) is 21.0. The molecule has 9 nitrogen and oxygen atoms in total. The molecule has 1 amide bonds. The van der Waals surface area contributed by atoms with Crippen LogP contribution in [-0.2, 0) is 4.74 Å². The molecule has 28 heavy (non-hydrogen) atoms. The summed E-state index contributed by atoms with van der Waals surface area (Å²) >= 11 is 0. The molecule has 1 heterocycles. The van der Waals surface area contributed by atoms with Crippen molar-refractivity contribution in [2.45, 2.75) is 38.8 Å². The number of nitrogens with zero attached hydrogens (tertiary/aromatic N) is 3. The van der Waals surface area contributed by atoms with Gasteiger partial charge in [0.2, 0.25) is 5.71 Å².